The van der Waals surface area contributed by atoms with Crippen LogP contribution in [0.25, 0.3) is 11.1 Å². The van der Waals surface area contributed by atoms with Crippen LogP contribution in [0.15, 0.2) is 72.8 Å². The fourth-order valence-electron chi connectivity index (χ4n) is 3.04. The molecule has 7 heteroatoms. The van der Waals surface area contributed by atoms with Gasteiger partial charge in [0, 0.05) is 24.8 Å². The summed E-state index contributed by atoms with van der Waals surface area (Å²) in [5.41, 5.74) is 4.16. The average molecular weight is 424 g/mol. The van der Waals surface area contributed by atoms with Crippen molar-refractivity contribution in [1.82, 2.24) is 0 Å². The van der Waals surface area contributed by atoms with Crippen LogP contribution in [0, 0.1) is 0 Å². The lowest BCUT2D eigenvalue weighted by atomic mass is 10.0. The maximum Gasteiger partial charge on any atom is 0.255 e. The molecule has 0 aliphatic heterocycles. The molecule has 3 aromatic carbocycles. The van der Waals surface area contributed by atoms with E-state index in [1.807, 2.05) is 43.3 Å². The van der Waals surface area contributed by atoms with E-state index in [0.29, 0.717) is 16.9 Å². The number of anilines is 3. The molecule has 156 valence electrons. The van der Waals surface area contributed by atoms with Crippen LogP contribution in [0.4, 0.5) is 17.1 Å². The summed E-state index contributed by atoms with van der Waals surface area (Å²) in [5, 5.41) is 6.12. The number of carbonyl (C=O) groups is 1. The third-order valence-electron chi connectivity index (χ3n) is 4.72. The number of nitrogens with zero attached hydrogens (tertiary/aromatic N) is 1. The Labute approximate surface area is 177 Å². The lowest BCUT2D eigenvalue weighted by Gasteiger charge is -2.21. The number of rotatable bonds is 7. The van der Waals surface area contributed by atoms with Gasteiger partial charge in [0.15, 0.2) is 0 Å². The normalized spacial score (nSPS) is 11.0. The fraction of sp³-hybridized carbons (Fsp3) is 0.174. The lowest BCUT2D eigenvalue weighted by molar-refractivity contribution is 0.102. The van der Waals surface area contributed by atoms with Crippen molar-refractivity contribution in [3.63, 3.8) is 0 Å². The fourth-order valence-corrected chi connectivity index (χ4v) is 3.55. The van der Waals surface area contributed by atoms with Crippen molar-refractivity contribution in [3.05, 3.63) is 78.4 Å². The molecule has 0 heterocycles. The third kappa shape index (κ3) is 4.99. The van der Waals surface area contributed by atoms with Gasteiger partial charge in [-0.3, -0.25) is 9.10 Å². The molecule has 6 nitrogen and oxygen atoms in total. The van der Waals surface area contributed by atoms with Gasteiger partial charge in [0.25, 0.3) is 5.91 Å². The van der Waals surface area contributed by atoms with Crippen LogP contribution in [-0.2, 0) is 10.0 Å². The Hall–Kier alpha value is -3.32. The van der Waals surface area contributed by atoms with E-state index >= 15 is 0 Å². The quantitative estimate of drug-likeness (QED) is 0.589. The molecule has 2 N–H and O–H groups in total. The van der Waals surface area contributed by atoms with Gasteiger partial charge < -0.3 is 10.6 Å². The zero-order valence-corrected chi connectivity index (χ0v) is 18.0. The summed E-state index contributed by atoms with van der Waals surface area (Å²) in [5.74, 6) is -0.307. The van der Waals surface area contributed by atoms with E-state index in [9.17, 15) is 13.2 Å². The highest BCUT2D eigenvalue weighted by molar-refractivity contribution is 7.92. The summed E-state index contributed by atoms with van der Waals surface area (Å²) in [7, 11) is -2.03. The second-order valence-corrected chi connectivity index (χ2v) is 8.90. The number of hydrogen-bond acceptors (Lipinski definition) is 4. The van der Waals surface area contributed by atoms with Crippen molar-refractivity contribution in [2.75, 3.05) is 34.8 Å². The van der Waals surface area contributed by atoms with E-state index in [1.165, 1.54) is 7.05 Å². The van der Waals surface area contributed by atoms with E-state index in [4.69, 9.17) is 0 Å². The molecule has 0 unspecified atom stereocenters. The predicted octanol–water partition coefficient (Wildman–Crippen LogP) is 4.43. The molecule has 3 aromatic rings. The second-order valence-electron chi connectivity index (χ2n) is 6.89. The lowest BCUT2D eigenvalue weighted by Crippen LogP contribution is -2.26. The second kappa shape index (κ2) is 9.00. The highest BCUT2D eigenvalue weighted by atomic mass is 32.2. The number of sulfonamides is 1. The summed E-state index contributed by atoms with van der Waals surface area (Å²) in [4.78, 5) is 12.7. The van der Waals surface area contributed by atoms with Gasteiger partial charge in [-0.1, -0.05) is 36.4 Å². The summed E-state index contributed by atoms with van der Waals surface area (Å²) in [6, 6.07) is 22.1. The van der Waals surface area contributed by atoms with E-state index < -0.39 is 10.0 Å². The molecule has 0 aromatic heterocycles. The number of hydrogen-bond donors (Lipinski definition) is 2. The minimum absolute atomic E-state index is 0.307. The minimum Gasteiger partial charge on any atom is -0.385 e. The van der Waals surface area contributed by atoms with Gasteiger partial charge in [0.2, 0.25) is 10.0 Å². The van der Waals surface area contributed by atoms with Crippen LogP contribution in [0.5, 0.6) is 0 Å². The van der Waals surface area contributed by atoms with E-state index in [2.05, 4.69) is 10.6 Å². The summed E-state index contributed by atoms with van der Waals surface area (Å²) in [6.45, 7) is 2.87. The van der Waals surface area contributed by atoms with E-state index in [1.54, 1.807) is 36.4 Å². The van der Waals surface area contributed by atoms with Crippen molar-refractivity contribution in [3.8, 4) is 11.1 Å². The predicted molar refractivity (Wildman–Crippen MR) is 124 cm³/mol. The van der Waals surface area contributed by atoms with Gasteiger partial charge in [-0.05, 0) is 54.4 Å². The Morgan fingerprint density at radius 1 is 0.933 bits per heavy atom. The molecule has 0 spiro atoms. The van der Waals surface area contributed by atoms with Gasteiger partial charge in [-0.15, -0.1) is 0 Å². The molecule has 0 bridgehead atoms. The Morgan fingerprint density at radius 3 is 2.17 bits per heavy atom. The Balaban J connectivity index is 2.01. The van der Waals surface area contributed by atoms with Crippen LogP contribution >= 0.6 is 0 Å². The Bertz CT molecular complexity index is 1130. The first kappa shape index (κ1) is 21.4. The van der Waals surface area contributed by atoms with Crippen molar-refractivity contribution in [2.24, 2.45) is 0 Å². The van der Waals surface area contributed by atoms with Gasteiger partial charge in [-0.25, -0.2) is 8.42 Å². The summed E-state index contributed by atoms with van der Waals surface area (Å²) < 4.78 is 25.4. The topological polar surface area (TPSA) is 78.5 Å². The van der Waals surface area contributed by atoms with Crippen LogP contribution in [-0.4, -0.2) is 34.2 Å². The molecular formula is C23H25N3O3S. The van der Waals surface area contributed by atoms with Crippen molar-refractivity contribution in [1.29, 1.82) is 0 Å². The number of benzene rings is 3. The summed E-state index contributed by atoms with van der Waals surface area (Å²) in [6.07, 6.45) is 1.13. The first-order valence-corrected chi connectivity index (χ1v) is 11.4. The van der Waals surface area contributed by atoms with Gasteiger partial charge in [0.05, 0.1) is 17.6 Å². The van der Waals surface area contributed by atoms with E-state index in [0.717, 1.165) is 33.9 Å². The number of carbonyl (C=O) groups excluding carboxylic acids is 1. The first-order chi connectivity index (χ1) is 14.3. The largest absolute Gasteiger partial charge is 0.385 e. The van der Waals surface area contributed by atoms with E-state index in [-0.39, 0.29) is 5.91 Å². The number of nitrogens with one attached hydrogen (secondary N) is 2. The molecule has 30 heavy (non-hydrogen) atoms. The monoisotopic (exact) mass is 423 g/mol. The zero-order chi connectivity index (χ0) is 21.7. The van der Waals surface area contributed by atoms with Crippen molar-refractivity contribution in [2.45, 2.75) is 6.92 Å². The first-order valence-electron chi connectivity index (χ1n) is 9.58. The Kier molecular flexibility index (Phi) is 6.42. The maximum atomic E-state index is 12.7. The molecule has 0 aliphatic rings. The average Bonchev–Trinajstić information content (AvgIpc) is 2.74. The smallest absolute Gasteiger partial charge is 0.255 e. The number of amides is 1. The Morgan fingerprint density at radius 2 is 1.57 bits per heavy atom. The highest BCUT2D eigenvalue weighted by Crippen LogP contribution is 2.33. The highest BCUT2D eigenvalue weighted by Gasteiger charge is 2.18. The van der Waals surface area contributed by atoms with Crippen LogP contribution in [0.2, 0.25) is 0 Å². The van der Waals surface area contributed by atoms with Gasteiger partial charge >= 0.3 is 0 Å². The van der Waals surface area contributed by atoms with Crippen LogP contribution in [0.1, 0.15) is 17.3 Å². The molecule has 0 fully saturated rings. The molecule has 0 saturated heterocycles. The van der Waals surface area contributed by atoms with Gasteiger partial charge in [0.1, 0.15) is 0 Å². The molecule has 0 atom stereocenters. The third-order valence-corrected chi connectivity index (χ3v) is 5.91. The molecule has 3 rings (SSSR count). The zero-order valence-electron chi connectivity index (χ0n) is 17.2. The van der Waals surface area contributed by atoms with Crippen LogP contribution in [0.3, 0.4) is 0 Å². The molecule has 0 saturated carbocycles. The maximum absolute atomic E-state index is 12.7. The standard InChI is InChI=1S/C23H25N3O3S/c1-4-24-20-13-10-17(11-14-20)19-12-15-22(26(2)30(3,28)29)21(16-19)25-23(27)18-8-6-5-7-9-18/h5-16,24H,4H2,1-3H3,(H,25,27). The van der Waals surface area contributed by atoms with Crippen molar-refractivity contribution < 1.29 is 13.2 Å². The molecular weight excluding hydrogens is 398 g/mol. The van der Waals surface area contributed by atoms with Crippen molar-refractivity contribution >= 4 is 33.0 Å². The van der Waals surface area contributed by atoms with Gasteiger partial charge in [-0.2, -0.15) is 0 Å². The summed E-state index contributed by atoms with van der Waals surface area (Å²) >= 11 is 0. The molecule has 0 aliphatic carbocycles. The van der Waals surface area contributed by atoms with Crippen LogP contribution < -0.4 is 14.9 Å². The SMILES string of the molecule is CCNc1ccc(-c2ccc(N(C)S(C)(=O)=O)c(NC(=O)c3ccccc3)c2)cc1. The molecule has 0 radical (unpaired) electrons. The minimum atomic E-state index is -3.49. The molecule has 1 amide bonds.